The van der Waals surface area contributed by atoms with Gasteiger partial charge in [-0.1, -0.05) is 56.7 Å². The molecule has 0 N–H and O–H groups in total. The molecule has 0 atom stereocenters. The second-order valence-corrected chi connectivity index (χ2v) is 6.36. The van der Waals surface area contributed by atoms with Gasteiger partial charge in [-0.3, -0.25) is 9.59 Å². The average molecular weight is 337 g/mol. The summed E-state index contributed by atoms with van der Waals surface area (Å²) in [6, 6.07) is 15.3. The van der Waals surface area contributed by atoms with Gasteiger partial charge in [0.05, 0.1) is 0 Å². The smallest absolute Gasteiger partial charge is 0.253 e. The SMILES string of the molecule is CCCCN(CCC)C(=O)c1ccc(-c2ccc(C(C)=O)cc2)cc1. The van der Waals surface area contributed by atoms with Crippen molar-refractivity contribution < 1.29 is 9.59 Å². The molecule has 3 heteroatoms. The number of amides is 1. The summed E-state index contributed by atoms with van der Waals surface area (Å²) in [6.45, 7) is 7.42. The molecule has 0 saturated heterocycles. The highest BCUT2D eigenvalue weighted by Gasteiger charge is 2.14. The molecule has 0 aliphatic heterocycles. The van der Waals surface area contributed by atoms with Gasteiger partial charge in [-0.05, 0) is 43.0 Å². The van der Waals surface area contributed by atoms with Crippen molar-refractivity contribution in [3.8, 4) is 11.1 Å². The highest BCUT2D eigenvalue weighted by Crippen LogP contribution is 2.21. The third-order valence-corrected chi connectivity index (χ3v) is 4.32. The van der Waals surface area contributed by atoms with Crippen LogP contribution in [0.15, 0.2) is 48.5 Å². The third-order valence-electron chi connectivity index (χ3n) is 4.32. The molecule has 132 valence electrons. The number of rotatable bonds is 8. The van der Waals surface area contributed by atoms with Crippen LogP contribution >= 0.6 is 0 Å². The van der Waals surface area contributed by atoms with E-state index < -0.39 is 0 Å². The second-order valence-electron chi connectivity index (χ2n) is 6.36. The van der Waals surface area contributed by atoms with Crippen LogP contribution in [0.25, 0.3) is 11.1 Å². The number of carbonyl (C=O) groups is 2. The van der Waals surface area contributed by atoms with Crippen LogP contribution in [-0.4, -0.2) is 29.7 Å². The number of hydrogen-bond donors (Lipinski definition) is 0. The average Bonchev–Trinajstić information content (AvgIpc) is 2.65. The maximum absolute atomic E-state index is 12.7. The zero-order chi connectivity index (χ0) is 18.2. The van der Waals surface area contributed by atoms with E-state index in [1.165, 1.54) is 0 Å². The minimum absolute atomic E-state index is 0.0654. The van der Waals surface area contributed by atoms with Gasteiger partial charge in [-0.2, -0.15) is 0 Å². The predicted molar refractivity (Wildman–Crippen MR) is 103 cm³/mol. The van der Waals surface area contributed by atoms with E-state index in [1.807, 2.05) is 53.4 Å². The maximum Gasteiger partial charge on any atom is 0.253 e. The van der Waals surface area contributed by atoms with Gasteiger partial charge >= 0.3 is 0 Å². The van der Waals surface area contributed by atoms with Gasteiger partial charge < -0.3 is 4.90 Å². The largest absolute Gasteiger partial charge is 0.339 e. The molecular formula is C22H27NO2. The summed E-state index contributed by atoms with van der Waals surface area (Å²) in [5, 5.41) is 0. The Hall–Kier alpha value is -2.42. The monoisotopic (exact) mass is 337 g/mol. The fourth-order valence-electron chi connectivity index (χ4n) is 2.82. The molecule has 3 nitrogen and oxygen atoms in total. The normalized spacial score (nSPS) is 10.5. The van der Waals surface area contributed by atoms with E-state index in [2.05, 4.69) is 13.8 Å². The molecular weight excluding hydrogens is 310 g/mol. The Bertz CT molecular complexity index is 702. The van der Waals surface area contributed by atoms with E-state index >= 15 is 0 Å². The van der Waals surface area contributed by atoms with Crippen molar-refractivity contribution in [1.82, 2.24) is 4.90 Å². The van der Waals surface area contributed by atoms with E-state index in [1.54, 1.807) is 6.92 Å². The molecule has 2 aromatic carbocycles. The van der Waals surface area contributed by atoms with Gasteiger partial charge in [-0.15, -0.1) is 0 Å². The number of carbonyl (C=O) groups excluding carboxylic acids is 2. The Morgan fingerprint density at radius 1 is 0.760 bits per heavy atom. The lowest BCUT2D eigenvalue weighted by molar-refractivity contribution is 0.0753. The van der Waals surface area contributed by atoms with Crippen LogP contribution in [0, 0.1) is 0 Å². The molecule has 0 fully saturated rings. The highest BCUT2D eigenvalue weighted by atomic mass is 16.2. The first kappa shape index (κ1) is 18.9. The Balaban J connectivity index is 2.14. The molecule has 0 aliphatic carbocycles. The Morgan fingerprint density at radius 2 is 1.28 bits per heavy atom. The minimum atomic E-state index is 0.0654. The van der Waals surface area contributed by atoms with Crippen molar-refractivity contribution in [2.75, 3.05) is 13.1 Å². The van der Waals surface area contributed by atoms with Crippen LogP contribution in [0.5, 0.6) is 0 Å². The van der Waals surface area contributed by atoms with Crippen LogP contribution in [0.2, 0.25) is 0 Å². The summed E-state index contributed by atoms with van der Waals surface area (Å²) in [6.07, 6.45) is 3.09. The van der Waals surface area contributed by atoms with Gasteiger partial charge in [0.1, 0.15) is 0 Å². The molecule has 0 aromatic heterocycles. The first-order valence-corrected chi connectivity index (χ1v) is 9.07. The van der Waals surface area contributed by atoms with Gasteiger partial charge in [0.2, 0.25) is 0 Å². The van der Waals surface area contributed by atoms with Gasteiger partial charge in [0.15, 0.2) is 5.78 Å². The molecule has 0 saturated carbocycles. The zero-order valence-corrected chi connectivity index (χ0v) is 15.4. The Labute approximate surface area is 150 Å². The first-order chi connectivity index (χ1) is 12.1. The lowest BCUT2D eigenvalue weighted by Crippen LogP contribution is -2.32. The number of ketones is 1. The molecule has 0 heterocycles. The van der Waals surface area contributed by atoms with Crippen LogP contribution in [0.3, 0.4) is 0 Å². The number of benzene rings is 2. The molecule has 0 aliphatic rings. The van der Waals surface area contributed by atoms with Crippen LogP contribution in [-0.2, 0) is 0 Å². The van der Waals surface area contributed by atoms with Gasteiger partial charge in [0.25, 0.3) is 5.91 Å². The van der Waals surface area contributed by atoms with Crippen LogP contribution in [0.1, 0.15) is 60.7 Å². The van der Waals surface area contributed by atoms with Crippen molar-refractivity contribution in [2.24, 2.45) is 0 Å². The van der Waals surface area contributed by atoms with E-state index in [0.717, 1.165) is 49.0 Å². The second kappa shape index (κ2) is 9.16. The van der Waals surface area contributed by atoms with Crippen molar-refractivity contribution in [2.45, 2.75) is 40.0 Å². The molecule has 0 bridgehead atoms. The lowest BCUT2D eigenvalue weighted by atomic mass is 10.0. The summed E-state index contributed by atoms with van der Waals surface area (Å²) in [5.41, 5.74) is 3.53. The van der Waals surface area contributed by atoms with Crippen molar-refractivity contribution in [3.63, 3.8) is 0 Å². The van der Waals surface area contributed by atoms with Gasteiger partial charge in [-0.25, -0.2) is 0 Å². The number of Topliss-reactive ketones (excluding diaryl/α,β-unsaturated/α-hetero) is 1. The maximum atomic E-state index is 12.7. The van der Waals surface area contributed by atoms with Crippen molar-refractivity contribution in [3.05, 3.63) is 59.7 Å². The summed E-state index contributed by atoms with van der Waals surface area (Å²) in [4.78, 5) is 26.0. The summed E-state index contributed by atoms with van der Waals surface area (Å²) < 4.78 is 0. The fourth-order valence-corrected chi connectivity index (χ4v) is 2.82. The zero-order valence-electron chi connectivity index (χ0n) is 15.4. The van der Waals surface area contributed by atoms with E-state index in [-0.39, 0.29) is 11.7 Å². The molecule has 0 spiro atoms. The molecule has 25 heavy (non-hydrogen) atoms. The molecule has 1 amide bonds. The number of hydrogen-bond acceptors (Lipinski definition) is 2. The van der Waals surface area contributed by atoms with E-state index in [4.69, 9.17) is 0 Å². The van der Waals surface area contributed by atoms with Crippen molar-refractivity contribution >= 4 is 11.7 Å². The Kier molecular flexibility index (Phi) is 6.93. The molecule has 0 unspecified atom stereocenters. The predicted octanol–water partition coefficient (Wildman–Crippen LogP) is 5.21. The number of nitrogens with zero attached hydrogens (tertiary/aromatic N) is 1. The topological polar surface area (TPSA) is 37.4 Å². The highest BCUT2D eigenvalue weighted by molar-refractivity contribution is 5.95. The number of unbranched alkanes of at least 4 members (excludes halogenated alkanes) is 1. The summed E-state index contributed by atoms with van der Waals surface area (Å²) in [7, 11) is 0. The van der Waals surface area contributed by atoms with Crippen LogP contribution in [0.4, 0.5) is 0 Å². The fraction of sp³-hybridized carbons (Fsp3) is 0.364. The Morgan fingerprint density at radius 3 is 1.72 bits per heavy atom. The molecule has 0 radical (unpaired) electrons. The summed E-state index contributed by atoms with van der Waals surface area (Å²) >= 11 is 0. The quantitative estimate of drug-likeness (QED) is 0.620. The van der Waals surface area contributed by atoms with Crippen LogP contribution < -0.4 is 0 Å². The first-order valence-electron chi connectivity index (χ1n) is 9.07. The molecule has 2 rings (SSSR count). The standard InChI is InChI=1S/C22H27NO2/c1-4-6-16-23(15-5-2)22(25)21-13-11-20(12-14-21)19-9-7-18(8-10-19)17(3)24/h7-14H,4-6,15-16H2,1-3H3. The van der Waals surface area contributed by atoms with E-state index in [9.17, 15) is 9.59 Å². The third kappa shape index (κ3) is 5.02. The van der Waals surface area contributed by atoms with E-state index in [0.29, 0.717) is 5.56 Å². The molecule has 2 aromatic rings. The van der Waals surface area contributed by atoms with Gasteiger partial charge in [0, 0.05) is 24.2 Å². The lowest BCUT2D eigenvalue weighted by Gasteiger charge is -2.22. The minimum Gasteiger partial charge on any atom is -0.339 e. The summed E-state index contributed by atoms with van der Waals surface area (Å²) in [5.74, 6) is 0.171. The van der Waals surface area contributed by atoms with Crippen molar-refractivity contribution in [1.29, 1.82) is 0 Å².